The zero-order valence-electron chi connectivity index (χ0n) is 14.6. The Morgan fingerprint density at radius 3 is 3.04 bits per heavy atom. The molecule has 5 fully saturated rings. The Kier molecular flexibility index (Phi) is 2.68. The first-order chi connectivity index (χ1) is 12.6. The molecule has 1 aromatic rings. The van der Waals surface area contributed by atoms with Crippen molar-refractivity contribution in [3.63, 3.8) is 0 Å². The average Bonchev–Trinajstić information content (AvgIpc) is 3.16. The second-order valence-corrected chi connectivity index (χ2v) is 7.86. The summed E-state index contributed by atoms with van der Waals surface area (Å²) >= 11 is 0. The molecule has 6 heteroatoms. The maximum atomic E-state index is 13.1. The van der Waals surface area contributed by atoms with Crippen LogP contribution in [0.2, 0.25) is 0 Å². The van der Waals surface area contributed by atoms with Crippen molar-refractivity contribution in [2.45, 2.75) is 37.1 Å². The highest BCUT2D eigenvalue weighted by Crippen LogP contribution is 2.69. The van der Waals surface area contributed by atoms with Crippen molar-refractivity contribution in [1.29, 1.82) is 0 Å². The number of benzene rings is 1. The molecule has 6 aliphatic rings. The number of nitrogens with zero attached hydrogens (tertiary/aromatic N) is 2. The summed E-state index contributed by atoms with van der Waals surface area (Å²) in [7, 11) is 1.45. The Labute approximate surface area is 151 Å². The van der Waals surface area contributed by atoms with E-state index >= 15 is 0 Å². The first kappa shape index (κ1) is 15.1. The summed E-state index contributed by atoms with van der Waals surface area (Å²) in [5, 5.41) is 12.8. The Hall–Kier alpha value is -2.02. The van der Waals surface area contributed by atoms with Crippen molar-refractivity contribution in [3.05, 3.63) is 41.5 Å². The minimum absolute atomic E-state index is 0.00425. The van der Waals surface area contributed by atoms with Gasteiger partial charge in [-0.2, -0.15) is 5.06 Å². The first-order valence-corrected chi connectivity index (χ1v) is 9.20. The topological polar surface area (TPSA) is 71.4 Å². The molecular formula is C20H20N2O4. The smallest absolute Gasteiger partial charge is 0.310 e. The molecule has 8 atom stereocenters. The van der Waals surface area contributed by atoms with Gasteiger partial charge in [-0.15, -0.1) is 0 Å². The predicted molar refractivity (Wildman–Crippen MR) is 92.6 cm³/mol. The number of para-hydroxylation sites is 1. The number of aliphatic imine (C=N–C) groups is 1. The highest BCUT2D eigenvalue weighted by atomic mass is 16.8. The number of fused-ring (bicyclic) bond motifs is 1. The second kappa shape index (κ2) is 4.63. The molecule has 7 rings (SSSR count). The lowest BCUT2D eigenvalue weighted by Crippen LogP contribution is -2.74. The molecule has 134 valence electrons. The third kappa shape index (κ3) is 1.34. The van der Waals surface area contributed by atoms with E-state index in [2.05, 4.69) is 12.1 Å². The van der Waals surface area contributed by atoms with Crippen molar-refractivity contribution in [3.8, 4) is 0 Å². The van der Waals surface area contributed by atoms with E-state index in [1.807, 2.05) is 30.2 Å². The first-order valence-electron chi connectivity index (χ1n) is 9.20. The number of esters is 1. The monoisotopic (exact) mass is 352 g/mol. The van der Waals surface area contributed by atoms with Gasteiger partial charge >= 0.3 is 5.97 Å². The number of rotatable bonds is 1. The summed E-state index contributed by atoms with van der Waals surface area (Å²) in [6.45, 7) is 2.01. The number of hydrogen-bond donors (Lipinski definition) is 1. The normalized spacial score (nSPS) is 47.7. The largest absolute Gasteiger partial charge is 0.469 e. The number of aliphatic hydroxyl groups is 1. The van der Waals surface area contributed by atoms with Gasteiger partial charge in [-0.25, -0.2) is 0 Å². The van der Waals surface area contributed by atoms with Gasteiger partial charge in [-0.05, 0) is 30.9 Å². The van der Waals surface area contributed by atoms with E-state index in [0.717, 1.165) is 23.4 Å². The summed E-state index contributed by atoms with van der Waals surface area (Å²) in [4.78, 5) is 23.9. The molecule has 6 bridgehead atoms. The number of hydrogen-bond acceptors (Lipinski definition) is 6. The number of methoxy groups -OCH3 is 1. The van der Waals surface area contributed by atoms with Crippen LogP contribution in [0.1, 0.15) is 18.9 Å². The number of aliphatic hydroxyl groups excluding tert-OH is 1. The lowest BCUT2D eigenvalue weighted by atomic mass is 9.43. The number of piperidine rings is 2. The van der Waals surface area contributed by atoms with Gasteiger partial charge in [0, 0.05) is 5.92 Å². The van der Waals surface area contributed by atoms with Gasteiger partial charge in [0.1, 0.15) is 0 Å². The van der Waals surface area contributed by atoms with E-state index in [1.54, 1.807) is 0 Å². The van der Waals surface area contributed by atoms with E-state index in [-0.39, 0.29) is 35.8 Å². The fraction of sp³-hybridized carbons (Fsp3) is 0.500. The van der Waals surface area contributed by atoms with Gasteiger partial charge in [-0.1, -0.05) is 29.8 Å². The minimum Gasteiger partial charge on any atom is -0.469 e. The Balaban J connectivity index is 1.71. The Bertz CT molecular complexity index is 909. The quantitative estimate of drug-likeness (QED) is 0.615. The van der Waals surface area contributed by atoms with Gasteiger partial charge in [0.05, 0.1) is 41.9 Å². The van der Waals surface area contributed by atoms with Crippen LogP contribution >= 0.6 is 0 Å². The molecule has 0 radical (unpaired) electrons. The molecule has 2 saturated carbocycles. The summed E-state index contributed by atoms with van der Waals surface area (Å²) < 4.78 is 5.27. The van der Waals surface area contributed by atoms with Crippen LogP contribution in [-0.2, 0) is 19.8 Å². The van der Waals surface area contributed by atoms with Gasteiger partial charge < -0.3 is 9.84 Å². The van der Waals surface area contributed by atoms with E-state index in [4.69, 9.17) is 14.6 Å². The Morgan fingerprint density at radius 2 is 2.27 bits per heavy atom. The summed E-state index contributed by atoms with van der Waals surface area (Å²) in [5.41, 5.74) is 3.46. The average molecular weight is 352 g/mol. The van der Waals surface area contributed by atoms with Crippen LogP contribution in [0, 0.1) is 17.8 Å². The predicted octanol–water partition coefficient (Wildman–Crippen LogP) is 1.71. The van der Waals surface area contributed by atoms with Crippen LogP contribution in [0.4, 0.5) is 5.69 Å². The highest BCUT2D eigenvalue weighted by Gasteiger charge is 2.78. The van der Waals surface area contributed by atoms with Crippen LogP contribution in [0.5, 0.6) is 0 Å². The molecule has 26 heavy (non-hydrogen) atoms. The number of ether oxygens (including phenoxy) is 1. The van der Waals surface area contributed by atoms with Crippen molar-refractivity contribution in [1.82, 2.24) is 5.06 Å². The van der Waals surface area contributed by atoms with Crippen LogP contribution in [0.3, 0.4) is 0 Å². The lowest BCUT2D eigenvalue weighted by molar-refractivity contribution is -0.234. The van der Waals surface area contributed by atoms with Gasteiger partial charge in [0.2, 0.25) is 0 Å². The summed E-state index contributed by atoms with van der Waals surface area (Å²) in [6.07, 6.45) is 1.91. The molecule has 2 aliphatic carbocycles. The zero-order valence-corrected chi connectivity index (χ0v) is 14.6. The van der Waals surface area contributed by atoms with E-state index in [0.29, 0.717) is 0 Å². The van der Waals surface area contributed by atoms with Gasteiger partial charge in [0.25, 0.3) is 0 Å². The fourth-order valence-electron chi connectivity index (χ4n) is 6.62. The standard InChI is InChI=1S/C20H20N2O4/c1-3-9-10-8-13-17-20(14(10)18(23)25-2,11-6-4-5-7-12(11)21-17)15-16(9)22(13)26-19(15)24/h3-7,10,13-16,19,24H,8H2,1-2H3/b9-3+/t10-,13-,14-,15?,16+,19-,20?/m0/s1. The molecule has 4 aliphatic heterocycles. The van der Waals surface area contributed by atoms with Crippen molar-refractivity contribution < 1.29 is 19.5 Å². The minimum atomic E-state index is -0.956. The summed E-state index contributed by atoms with van der Waals surface area (Å²) in [6, 6.07) is 8.00. The van der Waals surface area contributed by atoms with E-state index in [1.165, 1.54) is 12.7 Å². The van der Waals surface area contributed by atoms with Crippen LogP contribution < -0.4 is 0 Å². The van der Waals surface area contributed by atoms with Crippen LogP contribution in [-0.4, -0.2) is 47.3 Å². The van der Waals surface area contributed by atoms with Gasteiger partial charge in [0.15, 0.2) is 6.29 Å². The van der Waals surface area contributed by atoms with Crippen LogP contribution in [0.25, 0.3) is 0 Å². The van der Waals surface area contributed by atoms with Crippen molar-refractivity contribution >= 4 is 17.4 Å². The fourth-order valence-corrected chi connectivity index (χ4v) is 6.62. The number of allylic oxidation sites excluding steroid dienone is 1. The Morgan fingerprint density at radius 1 is 1.46 bits per heavy atom. The molecule has 0 amide bonds. The SMILES string of the molecule is C/C=C1/[C@@H]2C3[C@@H](O)ON2[C@H]2C[C@@H]1[C@@H](C(=O)OC)C31C2=Nc2ccccc21. The molecule has 1 aromatic carbocycles. The molecule has 3 saturated heterocycles. The maximum absolute atomic E-state index is 13.1. The van der Waals surface area contributed by atoms with Crippen LogP contribution in [0.15, 0.2) is 40.9 Å². The maximum Gasteiger partial charge on any atom is 0.310 e. The molecular weight excluding hydrogens is 332 g/mol. The van der Waals surface area contributed by atoms with E-state index in [9.17, 15) is 9.90 Å². The lowest BCUT2D eigenvalue weighted by Gasteiger charge is -2.63. The van der Waals surface area contributed by atoms with E-state index < -0.39 is 11.7 Å². The number of hydroxylamine groups is 2. The van der Waals surface area contributed by atoms with Crippen molar-refractivity contribution in [2.24, 2.45) is 22.7 Å². The molecule has 0 aromatic heterocycles. The van der Waals surface area contributed by atoms with Gasteiger partial charge in [-0.3, -0.25) is 14.6 Å². The zero-order chi connectivity index (χ0) is 17.8. The van der Waals surface area contributed by atoms with Crippen molar-refractivity contribution in [2.75, 3.05) is 7.11 Å². The molecule has 1 N–H and O–H groups in total. The number of carbonyl (C=O) groups is 1. The third-order valence-corrected chi connectivity index (χ3v) is 7.24. The molecule has 6 nitrogen and oxygen atoms in total. The molecule has 4 heterocycles. The molecule has 3 unspecified atom stereocenters. The third-order valence-electron chi connectivity index (χ3n) is 7.24. The molecule has 1 spiro atoms. The summed E-state index contributed by atoms with van der Waals surface area (Å²) in [5.74, 6) is -0.762. The number of carbonyl (C=O) groups excluding carboxylic acids is 1. The second-order valence-electron chi connectivity index (χ2n) is 7.86. The highest BCUT2D eigenvalue weighted by molar-refractivity contribution is 6.10.